The average molecular weight is 188 g/mol. The van der Waals surface area contributed by atoms with Crippen LogP contribution in [0, 0.1) is 0 Å². The number of imidazole rings is 1. The number of H-pyrrole nitrogens is 1. The molecule has 0 unspecified atom stereocenters. The van der Waals surface area contributed by atoms with Crippen LogP contribution in [0.25, 0.3) is 0 Å². The molecule has 0 aliphatic rings. The summed E-state index contributed by atoms with van der Waals surface area (Å²) >= 11 is 0. The largest absolute Gasteiger partial charge is 0.394 e. The smallest absolute Gasteiger partial charge is 0.124 e. The molecule has 0 saturated carbocycles. The summed E-state index contributed by atoms with van der Waals surface area (Å²) in [6.07, 6.45) is -1.39. The van der Waals surface area contributed by atoms with Gasteiger partial charge in [0.1, 0.15) is 18.3 Å². The predicted molar refractivity (Wildman–Crippen MR) is 42.6 cm³/mol. The standard InChI is InChI=1S/C7H12N2O4/c10-2-5(11)7(13)6(12)4-1-8-3-9-4/h1,3,5-7,10-13H,2H2,(H,8,9)/t5-,6-,7-/m1/s1. The molecular formula is C7H12N2O4. The first-order chi connectivity index (χ1) is 6.16. The molecule has 1 aromatic heterocycles. The Morgan fingerprint density at radius 3 is 2.54 bits per heavy atom. The number of rotatable bonds is 4. The number of aromatic amines is 1. The molecule has 0 radical (unpaired) electrons. The zero-order chi connectivity index (χ0) is 9.84. The number of aliphatic hydroxyl groups is 4. The quantitative estimate of drug-likeness (QED) is 0.381. The van der Waals surface area contributed by atoms with Gasteiger partial charge in [-0.1, -0.05) is 0 Å². The number of hydrogen-bond acceptors (Lipinski definition) is 5. The molecule has 0 amide bonds. The Labute approximate surface area is 74.5 Å². The Hall–Kier alpha value is -0.950. The van der Waals surface area contributed by atoms with Crippen LogP contribution < -0.4 is 0 Å². The van der Waals surface area contributed by atoms with E-state index in [4.69, 9.17) is 10.2 Å². The van der Waals surface area contributed by atoms with Crippen LogP contribution in [0.3, 0.4) is 0 Å². The van der Waals surface area contributed by atoms with Gasteiger partial charge in [-0.2, -0.15) is 0 Å². The van der Waals surface area contributed by atoms with Crippen molar-refractivity contribution in [2.45, 2.75) is 18.3 Å². The van der Waals surface area contributed by atoms with Crippen LogP contribution in [0.5, 0.6) is 0 Å². The van der Waals surface area contributed by atoms with Crippen LogP contribution >= 0.6 is 0 Å². The SMILES string of the molecule is OC[C@@H](O)[C@@H](O)[C@H](O)c1cnc[nH]1. The van der Waals surface area contributed by atoms with E-state index in [0.717, 1.165) is 0 Å². The van der Waals surface area contributed by atoms with Gasteiger partial charge in [-0.3, -0.25) is 0 Å². The zero-order valence-corrected chi connectivity index (χ0v) is 6.83. The number of hydrogen-bond donors (Lipinski definition) is 5. The minimum absolute atomic E-state index is 0.292. The Morgan fingerprint density at radius 2 is 2.08 bits per heavy atom. The van der Waals surface area contributed by atoms with Crippen molar-refractivity contribution in [2.75, 3.05) is 6.61 Å². The highest BCUT2D eigenvalue weighted by atomic mass is 16.4. The molecular weight excluding hydrogens is 176 g/mol. The first-order valence-corrected chi connectivity index (χ1v) is 3.80. The summed E-state index contributed by atoms with van der Waals surface area (Å²) in [5, 5.41) is 36.1. The van der Waals surface area contributed by atoms with Gasteiger partial charge < -0.3 is 25.4 Å². The van der Waals surface area contributed by atoms with E-state index in [2.05, 4.69) is 9.97 Å². The summed E-state index contributed by atoms with van der Waals surface area (Å²) in [5.41, 5.74) is 0.292. The maximum atomic E-state index is 9.39. The number of aliphatic hydroxyl groups excluding tert-OH is 4. The number of aromatic nitrogens is 2. The third-order valence-corrected chi connectivity index (χ3v) is 1.74. The van der Waals surface area contributed by atoms with Crippen molar-refractivity contribution in [3.63, 3.8) is 0 Å². The fraction of sp³-hybridized carbons (Fsp3) is 0.571. The summed E-state index contributed by atoms with van der Waals surface area (Å²) in [6, 6.07) is 0. The maximum Gasteiger partial charge on any atom is 0.124 e. The lowest BCUT2D eigenvalue weighted by Crippen LogP contribution is -2.34. The molecule has 1 heterocycles. The van der Waals surface area contributed by atoms with E-state index in [1.807, 2.05) is 0 Å². The Morgan fingerprint density at radius 1 is 1.38 bits per heavy atom. The van der Waals surface area contributed by atoms with Gasteiger partial charge in [0.25, 0.3) is 0 Å². The van der Waals surface area contributed by atoms with Crippen molar-refractivity contribution < 1.29 is 20.4 Å². The lowest BCUT2D eigenvalue weighted by Gasteiger charge is -2.20. The number of nitrogens with zero attached hydrogens (tertiary/aromatic N) is 1. The van der Waals surface area contributed by atoms with Crippen molar-refractivity contribution >= 4 is 0 Å². The van der Waals surface area contributed by atoms with Crippen LogP contribution in [0.15, 0.2) is 12.5 Å². The van der Waals surface area contributed by atoms with E-state index < -0.39 is 24.9 Å². The van der Waals surface area contributed by atoms with Crippen LogP contribution in [-0.4, -0.2) is 49.2 Å². The molecule has 0 aliphatic heterocycles. The third-order valence-electron chi connectivity index (χ3n) is 1.74. The highest BCUT2D eigenvalue weighted by molar-refractivity contribution is 5.02. The third kappa shape index (κ3) is 2.25. The highest BCUT2D eigenvalue weighted by Gasteiger charge is 2.26. The minimum Gasteiger partial charge on any atom is -0.394 e. The maximum absolute atomic E-state index is 9.39. The molecule has 5 N–H and O–H groups in total. The van der Waals surface area contributed by atoms with E-state index in [1.165, 1.54) is 12.5 Å². The van der Waals surface area contributed by atoms with Crippen molar-refractivity contribution in [2.24, 2.45) is 0 Å². The lowest BCUT2D eigenvalue weighted by molar-refractivity contribution is -0.0788. The molecule has 3 atom stereocenters. The summed E-state index contributed by atoms with van der Waals surface area (Å²) in [5.74, 6) is 0. The van der Waals surface area contributed by atoms with E-state index in [9.17, 15) is 10.2 Å². The van der Waals surface area contributed by atoms with Crippen LogP contribution in [-0.2, 0) is 0 Å². The first-order valence-electron chi connectivity index (χ1n) is 3.80. The normalized spacial score (nSPS) is 18.2. The summed E-state index contributed by atoms with van der Waals surface area (Å²) in [7, 11) is 0. The molecule has 0 spiro atoms. The summed E-state index contributed by atoms with van der Waals surface area (Å²) in [6.45, 7) is -0.605. The molecule has 0 aliphatic carbocycles. The summed E-state index contributed by atoms with van der Waals surface area (Å²) in [4.78, 5) is 6.22. The van der Waals surface area contributed by atoms with Gasteiger partial charge in [-0.15, -0.1) is 0 Å². The number of nitrogens with one attached hydrogen (secondary N) is 1. The van der Waals surface area contributed by atoms with E-state index in [1.54, 1.807) is 0 Å². The van der Waals surface area contributed by atoms with Crippen molar-refractivity contribution in [3.05, 3.63) is 18.2 Å². The zero-order valence-electron chi connectivity index (χ0n) is 6.83. The second kappa shape index (κ2) is 4.33. The highest BCUT2D eigenvalue weighted by Crippen LogP contribution is 2.15. The predicted octanol–water partition coefficient (Wildman–Crippen LogP) is -1.84. The van der Waals surface area contributed by atoms with Crippen molar-refractivity contribution in [3.8, 4) is 0 Å². The monoisotopic (exact) mass is 188 g/mol. The van der Waals surface area contributed by atoms with Crippen LogP contribution in [0.4, 0.5) is 0 Å². The fourth-order valence-corrected chi connectivity index (χ4v) is 0.931. The average Bonchev–Trinajstić information content (AvgIpc) is 2.67. The van der Waals surface area contributed by atoms with Gasteiger partial charge in [0, 0.05) is 0 Å². The van der Waals surface area contributed by atoms with Gasteiger partial charge >= 0.3 is 0 Å². The molecule has 6 heteroatoms. The molecule has 1 aromatic rings. The molecule has 0 saturated heterocycles. The Kier molecular flexibility index (Phi) is 3.38. The summed E-state index contributed by atoms with van der Waals surface area (Å²) < 4.78 is 0. The van der Waals surface area contributed by atoms with Gasteiger partial charge in [-0.25, -0.2) is 4.98 Å². The second-order valence-electron chi connectivity index (χ2n) is 2.69. The molecule has 6 nitrogen and oxygen atoms in total. The van der Waals surface area contributed by atoms with Crippen molar-refractivity contribution in [1.82, 2.24) is 9.97 Å². The minimum atomic E-state index is -1.43. The fourth-order valence-electron chi connectivity index (χ4n) is 0.931. The van der Waals surface area contributed by atoms with Gasteiger partial charge in [0.05, 0.1) is 24.8 Å². The van der Waals surface area contributed by atoms with Crippen LogP contribution in [0.1, 0.15) is 11.8 Å². The second-order valence-corrected chi connectivity index (χ2v) is 2.69. The van der Waals surface area contributed by atoms with E-state index >= 15 is 0 Å². The molecule has 1 rings (SSSR count). The van der Waals surface area contributed by atoms with Crippen molar-refractivity contribution in [1.29, 1.82) is 0 Å². The molecule has 0 fully saturated rings. The molecule has 74 valence electrons. The van der Waals surface area contributed by atoms with E-state index in [-0.39, 0.29) is 0 Å². The molecule has 13 heavy (non-hydrogen) atoms. The molecule has 0 aromatic carbocycles. The first kappa shape index (κ1) is 10.1. The lowest BCUT2D eigenvalue weighted by atomic mass is 10.1. The molecule has 0 bridgehead atoms. The topological polar surface area (TPSA) is 110 Å². The Bertz CT molecular complexity index is 239. The van der Waals surface area contributed by atoms with Gasteiger partial charge in [0.15, 0.2) is 0 Å². The van der Waals surface area contributed by atoms with Crippen LogP contribution in [0.2, 0.25) is 0 Å². The van der Waals surface area contributed by atoms with Gasteiger partial charge in [-0.05, 0) is 0 Å². The van der Waals surface area contributed by atoms with E-state index in [0.29, 0.717) is 5.69 Å². The Balaban J connectivity index is 2.62. The van der Waals surface area contributed by atoms with Gasteiger partial charge in [0.2, 0.25) is 0 Å².